The molecule has 0 amide bonds. The van der Waals surface area contributed by atoms with E-state index >= 15 is 0 Å². The van der Waals surface area contributed by atoms with Gasteiger partial charge < -0.3 is 10.5 Å². The second kappa shape index (κ2) is 5.79. The summed E-state index contributed by atoms with van der Waals surface area (Å²) < 4.78 is 5.24. The van der Waals surface area contributed by atoms with Gasteiger partial charge in [-0.1, -0.05) is 17.7 Å². The number of hydrogen-bond donors (Lipinski definition) is 1. The van der Waals surface area contributed by atoms with Crippen LogP contribution >= 0.6 is 11.6 Å². The standard InChI is InChI=1S/C12H16ClNO/c1-3-4-11(14)8-9-7-10(13)5-6-12(9)15-2/h3,5-7,11H,1,4,8,14H2,2H3. The largest absolute Gasteiger partial charge is 0.496 e. The Labute approximate surface area is 95.7 Å². The van der Waals surface area contributed by atoms with Gasteiger partial charge in [0, 0.05) is 11.1 Å². The molecule has 0 bridgehead atoms. The van der Waals surface area contributed by atoms with Gasteiger partial charge in [-0.05, 0) is 36.6 Å². The molecule has 0 aliphatic carbocycles. The second-order valence-corrected chi connectivity index (χ2v) is 3.88. The molecule has 1 rings (SSSR count). The number of rotatable bonds is 5. The summed E-state index contributed by atoms with van der Waals surface area (Å²) in [5, 5.41) is 0.705. The van der Waals surface area contributed by atoms with E-state index in [0.717, 1.165) is 24.2 Å². The number of hydrogen-bond acceptors (Lipinski definition) is 2. The lowest BCUT2D eigenvalue weighted by atomic mass is 10.0. The highest BCUT2D eigenvalue weighted by Crippen LogP contribution is 2.23. The monoisotopic (exact) mass is 225 g/mol. The van der Waals surface area contributed by atoms with Gasteiger partial charge in [-0.3, -0.25) is 0 Å². The number of nitrogens with two attached hydrogens (primary N) is 1. The maximum atomic E-state index is 5.92. The summed E-state index contributed by atoms with van der Waals surface area (Å²) in [6.07, 6.45) is 3.35. The summed E-state index contributed by atoms with van der Waals surface area (Å²) in [5.74, 6) is 0.832. The van der Waals surface area contributed by atoms with Crippen molar-refractivity contribution in [1.82, 2.24) is 0 Å². The smallest absolute Gasteiger partial charge is 0.122 e. The summed E-state index contributed by atoms with van der Waals surface area (Å²) in [6.45, 7) is 3.67. The van der Waals surface area contributed by atoms with E-state index in [-0.39, 0.29) is 6.04 Å². The van der Waals surface area contributed by atoms with Crippen LogP contribution < -0.4 is 10.5 Å². The highest BCUT2D eigenvalue weighted by molar-refractivity contribution is 6.30. The minimum Gasteiger partial charge on any atom is -0.496 e. The number of methoxy groups -OCH3 is 1. The van der Waals surface area contributed by atoms with Crippen molar-refractivity contribution < 1.29 is 4.74 Å². The van der Waals surface area contributed by atoms with E-state index in [1.54, 1.807) is 7.11 Å². The Bertz CT molecular complexity index is 338. The molecule has 0 fully saturated rings. The fourth-order valence-electron chi connectivity index (χ4n) is 1.49. The lowest BCUT2D eigenvalue weighted by Gasteiger charge is -2.12. The topological polar surface area (TPSA) is 35.2 Å². The Hall–Kier alpha value is -0.990. The van der Waals surface area contributed by atoms with Crippen LogP contribution in [0.2, 0.25) is 5.02 Å². The summed E-state index contributed by atoms with van der Waals surface area (Å²) in [5.41, 5.74) is 6.96. The summed E-state index contributed by atoms with van der Waals surface area (Å²) >= 11 is 5.92. The van der Waals surface area contributed by atoms with Crippen molar-refractivity contribution in [3.8, 4) is 5.75 Å². The molecule has 1 aromatic rings. The minimum atomic E-state index is 0.0647. The van der Waals surface area contributed by atoms with E-state index in [9.17, 15) is 0 Å². The second-order valence-electron chi connectivity index (χ2n) is 3.44. The first-order chi connectivity index (χ1) is 7.17. The molecule has 2 N–H and O–H groups in total. The van der Waals surface area contributed by atoms with Crippen LogP contribution in [-0.4, -0.2) is 13.2 Å². The van der Waals surface area contributed by atoms with Crippen molar-refractivity contribution in [2.75, 3.05) is 7.11 Å². The van der Waals surface area contributed by atoms with E-state index < -0.39 is 0 Å². The highest BCUT2D eigenvalue weighted by atomic mass is 35.5. The van der Waals surface area contributed by atoms with Crippen molar-refractivity contribution >= 4 is 11.6 Å². The number of benzene rings is 1. The fourth-order valence-corrected chi connectivity index (χ4v) is 1.68. The van der Waals surface area contributed by atoms with Crippen molar-refractivity contribution in [3.05, 3.63) is 41.4 Å². The third-order valence-corrected chi connectivity index (χ3v) is 2.43. The maximum absolute atomic E-state index is 5.92. The molecule has 0 aliphatic rings. The molecule has 0 saturated heterocycles. The molecule has 2 nitrogen and oxygen atoms in total. The Morgan fingerprint density at radius 2 is 2.33 bits per heavy atom. The molecule has 1 unspecified atom stereocenters. The molecule has 15 heavy (non-hydrogen) atoms. The first kappa shape index (κ1) is 12.1. The minimum absolute atomic E-state index is 0.0647. The van der Waals surface area contributed by atoms with E-state index in [1.807, 2.05) is 24.3 Å². The van der Waals surface area contributed by atoms with Crippen LogP contribution in [0.4, 0.5) is 0 Å². The summed E-state index contributed by atoms with van der Waals surface area (Å²) in [7, 11) is 1.64. The van der Waals surface area contributed by atoms with Crippen LogP contribution in [0.25, 0.3) is 0 Å². The number of halogens is 1. The molecule has 0 saturated carbocycles. The van der Waals surface area contributed by atoms with Gasteiger partial charge in [-0.2, -0.15) is 0 Å². The zero-order valence-electron chi connectivity index (χ0n) is 8.87. The Morgan fingerprint density at radius 1 is 1.60 bits per heavy atom. The lowest BCUT2D eigenvalue weighted by molar-refractivity contribution is 0.408. The van der Waals surface area contributed by atoms with Crippen molar-refractivity contribution in [2.24, 2.45) is 5.73 Å². The van der Waals surface area contributed by atoms with E-state index in [4.69, 9.17) is 22.1 Å². The van der Waals surface area contributed by atoms with E-state index in [1.165, 1.54) is 0 Å². The van der Waals surface area contributed by atoms with E-state index in [0.29, 0.717) is 5.02 Å². The first-order valence-electron chi connectivity index (χ1n) is 4.86. The molecule has 3 heteroatoms. The van der Waals surface area contributed by atoms with Crippen molar-refractivity contribution in [3.63, 3.8) is 0 Å². The molecule has 82 valence electrons. The Balaban J connectivity index is 2.81. The summed E-state index contributed by atoms with van der Waals surface area (Å²) in [6, 6.07) is 5.62. The SMILES string of the molecule is C=CCC(N)Cc1cc(Cl)ccc1OC. The van der Waals surface area contributed by atoms with Crippen LogP contribution in [0, 0.1) is 0 Å². The quantitative estimate of drug-likeness (QED) is 0.783. The predicted molar refractivity (Wildman–Crippen MR) is 64.5 cm³/mol. The lowest BCUT2D eigenvalue weighted by Crippen LogP contribution is -2.22. The Morgan fingerprint density at radius 3 is 2.93 bits per heavy atom. The van der Waals surface area contributed by atoms with Crippen molar-refractivity contribution in [2.45, 2.75) is 18.9 Å². The molecule has 0 heterocycles. The van der Waals surface area contributed by atoms with Gasteiger partial charge in [-0.15, -0.1) is 6.58 Å². The van der Waals surface area contributed by atoms with Gasteiger partial charge in [0.1, 0.15) is 5.75 Å². The van der Waals surface area contributed by atoms with Crippen LogP contribution in [0.5, 0.6) is 5.75 Å². The molecule has 0 aromatic heterocycles. The third kappa shape index (κ3) is 3.57. The molecule has 0 radical (unpaired) electrons. The van der Waals surface area contributed by atoms with E-state index in [2.05, 4.69) is 6.58 Å². The highest BCUT2D eigenvalue weighted by Gasteiger charge is 2.08. The zero-order chi connectivity index (χ0) is 11.3. The van der Waals surface area contributed by atoms with Gasteiger partial charge in [0.25, 0.3) is 0 Å². The molecule has 0 aliphatic heterocycles. The van der Waals surface area contributed by atoms with Crippen LogP contribution in [0.1, 0.15) is 12.0 Å². The Kier molecular flexibility index (Phi) is 4.66. The average molecular weight is 226 g/mol. The molecule has 1 atom stereocenters. The van der Waals surface area contributed by atoms with Gasteiger partial charge in [0.15, 0.2) is 0 Å². The molecule has 0 spiro atoms. The first-order valence-corrected chi connectivity index (χ1v) is 5.24. The van der Waals surface area contributed by atoms with Gasteiger partial charge in [-0.25, -0.2) is 0 Å². The van der Waals surface area contributed by atoms with Crippen LogP contribution in [0.3, 0.4) is 0 Å². The van der Waals surface area contributed by atoms with Gasteiger partial charge in [0.2, 0.25) is 0 Å². The maximum Gasteiger partial charge on any atom is 0.122 e. The zero-order valence-corrected chi connectivity index (χ0v) is 9.63. The van der Waals surface area contributed by atoms with Crippen LogP contribution in [0.15, 0.2) is 30.9 Å². The summed E-state index contributed by atoms with van der Waals surface area (Å²) in [4.78, 5) is 0. The van der Waals surface area contributed by atoms with Crippen LogP contribution in [-0.2, 0) is 6.42 Å². The number of ether oxygens (including phenoxy) is 1. The molecular weight excluding hydrogens is 210 g/mol. The van der Waals surface area contributed by atoms with Crippen molar-refractivity contribution in [1.29, 1.82) is 0 Å². The normalized spacial score (nSPS) is 12.2. The van der Waals surface area contributed by atoms with Gasteiger partial charge >= 0.3 is 0 Å². The van der Waals surface area contributed by atoms with Gasteiger partial charge in [0.05, 0.1) is 7.11 Å². The predicted octanol–water partition coefficient (Wildman–Crippen LogP) is 2.79. The fraction of sp³-hybridized carbons (Fsp3) is 0.333. The average Bonchev–Trinajstić information content (AvgIpc) is 2.18. The molecule has 1 aromatic carbocycles. The molecular formula is C12H16ClNO. The third-order valence-electron chi connectivity index (χ3n) is 2.19.